The Bertz CT molecular complexity index is 752. The third kappa shape index (κ3) is 5.04. The van der Waals surface area contributed by atoms with Crippen molar-refractivity contribution in [1.82, 2.24) is 10.3 Å². The standard InChI is InChI=1S/C19H22N2O4/c1-12(15-7-5-4-6-8-15)10-21-18(23)14(3)25-19(24)17-9-16(11-20-17)13(2)22/h4-9,11-12,14,20H,10H2,1-3H3,(H,21,23)/t12-,14+/m1/s1. The topological polar surface area (TPSA) is 88.3 Å². The Balaban J connectivity index is 1.85. The molecule has 1 aromatic heterocycles. The molecule has 132 valence electrons. The molecule has 0 radical (unpaired) electrons. The number of benzene rings is 1. The summed E-state index contributed by atoms with van der Waals surface area (Å²) in [5.41, 5.74) is 1.65. The van der Waals surface area contributed by atoms with Crippen LogP contribution in [0.5, 0.6) is 0 Å². The molecule has 1 amide bonds. The van der Waals surface area contributed by atoms with E-state index in [-0.39, 0.29) is 23.3 Å². The number of ketones is 1. The normalized spacial score (nSPS) is 12.9. The minimum absolute atomic E-state index is 0.141. The Morgan fingerprint density at radius 1 is 1.16 bits per heavy atom. The monoisotopic (exact) mass is 342 g/mol. The fourth-order valence-electron chi connectivity index (χ4n) is 2.29. The Hall–Kier alpha value is -2.89. The first kappa shape index (κ1) is 18.4. The van der Waals surface area contributed by atoms with E-state index in [1.165, 1.54) is 26.1 Å². The van der Waals surface area contributed by atoms with Crippen LogP contribution in [0.1, 0.15) is 53.1 Å². The number of carbonyl (C=O) groups is 3. The number of carbonyl (C=O) groups excluding carboxylic acids is 3. The van der Waals surface area contributed by atoms with Gasteiger partial charge in [0.2, 0.25) is 0 Å². The van der Waals surface area contributed by atoms with E-state index < -0.39 is 12.1 Å². The number of Topliss-reactive ketones (excluding diaryl/α,β-unsaturated/α-hetero) is 1. The molecule has 6 heteroatoms. The van der Waals surface area contributed by atoms with Gasteiger partial charge in [0.05, 0.1) is 0 Å². The summed E-state index contributed by atoms with van der Waals surface area (Å²) >= 11 is 0. The van der Waals surface area contributed by atoms with Crippen LogP contribution < -0.4 is 5.32 Å². The summed E-state index contributed by atoms with van der Waals surface area (Å²) in [6, 6.07) is 11.2. The van der Waals surface area contributed by atoms with Crippen molar-refractivity contribution in [2.24, 2.45) is 0 Å². The molecular weight excluding hydrogens is 320 g/mol. The van der Waals surface area contributed by atoms with Crippen LogP contribution >= 0.6 is 0 Å². The van der Waals surface area contributed by atoms with Crippen molar-refractivity contribution in [2.75, 3.05) is 6.54 Å². The van der Waals surface area contributed by atoms with E-state index in [1.807, 2.05) is 37.3 Å². The van der Waals surface area contributed by atoms with Gasteiger partial charge in [0.1, 0.15) is 5.69 Å². The van der Waals surface area contributed by atoms with E-state index in [4.69, 9.17) is 4.74 Å². The van der Waals surface area contributed by atoms with Gasteiger partial charge in [-0.15, -0.1) is 0 Å². The minimum Gasteiger partial charge on any atom is -0.448 e. The SMILES string of the molecule is CC(=O)c1c[nH]c(C(=O)O[C@@H](C)C(=O)NC[C@@H](C)c2ccccc2)c1. The van der Waals surface area contributed by atoms with Gasteiger partial charge in [-0.3, -0.25) is 9.59 Å². The minimum atomic E-state index is -0.931. The highest BCUT2D eigenvalue weighted by Crippen LogP contribution is 2.13. The summed E-state index contributed by atoms with van der Waals surface area (Å²) in [6.45, 7) is 5.37. The van der Waals surface area contributed by atoms with Crippen LogP contribution in [0.4, 0.5) is 0 Å². The molecule has 6 nitrogen and oxygen atoms in total. The van der Waals surface area contributed by atoms with Gasteiger partial charge in [-0.2, -0.15) is 0 Å². The van der Waals surface area contributed by atoms with Crippen LogP contribution in [-0.2, 0) is 9.53 Å². The first-order chi connectivity index (χ1) is 11.9. The number of esters is 1. The number of nitrogens with one attached hydrogen (secondary N) is 2. The summed E-state index contributed by atoms with van der Waals surface area (Å²) in [5.74, 6) is -1.05. The van der Waals surface area contributed by atoms with Crippen LogP contribution in [-0.4, -0.2) is 35.3 Å². The molecular formula is C19H22N2O4. The molecule has 0 saturated heterocycles. The second-order valence-electron chi connectivity index (χ2n) is 5.96. The van der Waals surface area contributed by atoms with Crippen molar-refractivity contribution in [1.29, 1.82) is 0 Å². The van der Waals surface area contributed by atoms with E-state index in [9.17, 15) is 14.4 Å². The van der Waals surface area contributed by atoms with E-state index in [0.717, 1.165) is 5.56 Å². The van der Waals surface area contributed by atoms with Gasteiger partial charge >= 0.3 is 5.97 Å². The highest BCUT2D eigenvalue weighted by Gasteiger charge is 2.20. The molecule has 25 heavy (non-hydrogen) atoms. The smallest absolute Gasteiger partial charge is 0.355 e. The zero-order valence-corrected chi connectivity index (χ0v) is 14.5. The predicted octanol–water partition coefficient (Wildman–Crippen LogP) is 2.68. The van der Waals surface area contributed by atoms with E-state index >= 15 is 0 Å². The largest absolute Gasteiger partial charge is 0.448 e. The number of aromatic amines is 1. The average molecular weight is 342 g/mol. The molecule has 0 unspecified atom stereocenters. The molecule has 2 aromatic rings. The number of H-pyrrole nitrogens is 1. The number of hydrogen-bond donors (Lipinski definition) is 2. The molecule has 1 aromatic carbocycles. The third-order valence-corrected chi connectivity index (χ3v) is 3.91. The van der Waals surface area contributed by atoms with Gasteiger partial charge in [0, 0.05) is 18.3 Å². The first-order valence-corrected chi connectivity index (χ1v) is 8.11. The zero-order valence-electron chi connectivity index (χ0n) is 14.5. The van der Waals surface area contributed by atoms with Crippen molar-refractivity contribution >= 4 is 17.7 Å². The fourth-order valence-corrected chi connectivity index (χ4v) is 2.29. The Kier molecular flexibility index (Phi) is 6.11. The molecule has 2 N–H and O–H groups in total. The van der Waals surface area contributed by atoms with Gasteiger partial charge < -0.3 is 15.0 Å². The second kappa shape index (κ2) is 8.28. The van der Waals surface area contributed by atoms with Gasteiger partial charge in [-0.05, 0) is 31.4 Å². The van der Waals surface area contributed by atoms with Gasteiger partial charge in [-0.25, -0.2) is 4.79 Å². The summed E-state index contributed by atoms with van der Waals surface area (Å²) in [4.78, 5) is 38.0. The predicted molar refractivity (Wildman–Crippen MR) is 93.5 cm³/mol. The average Bonchev–Trinajstić information content (AvgIpc) is 3.10. The fraction of sp³-hybridized carbons (Fsp3) is 0.316. The maximum absolute atomic E-state index is 12.1. The molecule has 0 saturated carbocycles. The van der Waals surface area contributed by atoms with Crippen molar-refractivity contribution < 1.29 is 19.1 Å². The van der Waals surface area contributed by atoms with Crippen LogP contribution in [0.25, 0.3) is 0 Å². The number of amides is 1. The van der Waals surface area contributed by atoms with Gasteiger partial charge in [0.25, 0.3) is 5.91 Å². The second-order valence-corrected chi connectivity index (χ2v) is 5.96. The van der Waals surface area contributed by atoms with E-state index in [1.54, 1.807) is 0 Å². The highest BCUT2D eigenvalue weighted by atomic mass is 16.5. The lowest BCUT2D eigenvalue weighted by Gasteiger charge is -2.16. The van der Waals surface area contributed by atoms with Crippen molar-refractivity contribution in [3.05, 3.63) is 59.4 Å². The molecule has 0 spiro atoms. The van der Waals surface area contributed by atoms with Gasteiger partial charge in [-0.1, -0.05) is 37.3 Å². The van der Waals surface area contributed by atoms with Crippen molar-refractivity contribution in [3.8, 4) is 0 Å². The van der Waals surface area contributed by atoms with Crippen molar-refractivity contribution in [2.45, 2.75) is 32.8 Å². The van der Waals surface area contributed by atoms with Crippen LogP contribution in [0, 0.1) is 0 Å². The number of rotatable bonds is 7. The number of aromatic nitrogens is 1. The maximum atomic E-state index is 12.1. The van der Waals surface area contributed by atoms with Crippen LogP contribution in [0.15, 0.2) is 42.6 Å². The molecule has 2 rings (SSSR count). The summed E-state index contributed by atoms with van der Waals surface area (Å²) in [7, 11) is 0. The Labute approximate surface area is 146 Å². The van der Waals surface area contributed by atoms with Gasteiger partial charge in [0.15, 0.2) is 11.9 Å². The van der Waals surface area contributed by atoms with Crippen LogP contribution in [0.2, 0.25) is 0 Å². The zero-order chi connectivity index (χ0) is 18.4. The van der Waals surface area contributed by atoms with E-state index in [0.29, 0.717) is 12.1 Å². The molecule has 0 fully saturated rings. The Morgan fingerprint density at radius 3 is 2.44 bits per heavy atom. The highest BCUT2D eigenvalue weighted by molar-refractivity contribution is 5.98. The number of ether oxygens (including phenoxy) is 1. The third-order valence-electron chi connectivity index (χ3n) is 3.91. The lowest BCUT2D eigenvalue weighted by Crippen LogP contribution is -2.37. The molecule has 0 aliphatic rings. The quantitative estimate of drug-likeness (QED) is 0.598. The summed E-state index contributed by atoms with van der Waals surface area (Å²) in [5, 5.41) is 2.78. The number of hydrogen-bond acceptors (Lipinski definition) is 4. The Morgan fingerprint density at radius 2 is 1.84 bits per heavy atom. The molecule has 0 aliphatic carbocycles. The molecule has 2 atom stereocenters. The molecule has 0 bridgehead atoms. The summed E-state index contributed by atoms with van der Waals surface area (Å²) < 4.78 is 5.14. The maximum Gasteiger partial charge on any atom is 0.355 e. The van der Waals surface area contributed by atoms with E-state index in [2.05, 4.69) is 10.3 Å². The molecule has 1 heterocycles. The first-order valence-electron chi connectivity index (χ1n) is 8.11. The lowest BCUT2D eigenvalue weighted by atomic mass is 10.0. The summed E-state index contributed by atoms with van der Waals surface area (Å²) in [6.07, 6.45) is 0.505. The van der Waals surface area contributed by atoms with Crippen LogP contribution in [0.3, 0.4) is 0 Å². The lowest BCUT2D eigenvalue weighted by molar-refractivity contribution is -0.129. The van der Waals surface area contributed by atoms with Crippen molar-refractivity contribution in [3.63, 3.8) is 0 Å². The molecule has 0 aliphatic heterocycles.